The molecule has 2 aromatic rings. The van der Waals surface area contributed by atoms with Crippen molar-refractivity contribution in [1.82, 2.24) is 5.32 Å². The maximum absolute atomic E-state index is 10.6. The van der Waals surface area contributed by atoms with Crippen molar-refractivity contribution in [1.29, 1.82) is 0 Å². The monoisotopic (exact) mass is 330 g/mol. The fourth-order valence-electron chi connectivity index (χ4n) is 3.36. The third-order valence-corrected chi connectivity index (χ3v) is 4.46. The minimum absolute atomic E-state index is 0.143. The molecule has 24 heavy (non-hydrogen) atoms. The Morgan fingerprint density at radius 2 is 1.79 bits per heavy atom. The van der Waals surface area contributed by atoms with Crippen molar-refractivity contribution in [3.8, 4) is 23.0 Å². The topological polar surface area (TPSA) is 106 Å². The molecule has 3 unspecified atom stereocenters. The Labute approximate surface area is 138 Å². The number of fused-ring (bicyclic) bond motifs is 2. The lowest BCUT2D eigenvalue weighted by atomic mass is 9.81. The van der Waals surface area contributed by atoms with E-state index in [0.29, 0.717) is 17.2 Å². The summed E-state index contributed by atoms with van der Waals surface area (Å²) in [4.78, 5) is 0. The van der Waals surface area contributed by atoms with Gasteiger partial charge < -0.3 is 29.7 Å². The standard InChI is InChI=1S/C17H18N2O5/c1-19-16-15(9-2-4-10(20)5-3-9)11-6-13-14(23-8-22-13)7-12(11)24-17(16,18)21/h2-7,15-16,19-21H,8,18H2,1H3. The molecule has 0 amide bonds. The minimum Gasteiger partial charge on any atom is -0.508 e. The second-order valence-electron chi connectivity index (χ2n) is 5.93. The SMILES string of the molecule is CNC1C(c2ccc(O)cc2)c2cc3c(cc2OC1(N)O)OCO3. The molecule has 5 N–H and O–H groups in total. The highest BCUT2D eigenvalue weighted by molar-refractivity contribution is 5.57. The Balaban J connectivity index is 1.90. The summed E-state index contributed by atoms with van der Waals surface area (Å²) >= 11 is 0. The van der Waals surface area contributed by atoms with Gasteiger partial charge in [-0.25, -0.2) is 0 Å². The first kappa shape index (κ1) is 15.1. The van der Waals surface area contributed by atoms with E-state index in [-0.39, 0.29) is 18.5 Å². The molecule has 2 heterocycles. The molecule has 126 valence electrons. The second-order valence-corrected chi connectivity index (χ2v) is 5.93. The molecule has 7 heteroatoms. The van der Waals surface area contributed by atoms with Gasteiger partial charge in [-0.05, 0) is 30.8 Å². The minimum atomic E-state index is -1.90. The largest absolute Gasteiger partial charge is 0.508 e. The van der Waals surface area contributed by atoms with Gasteiger partial charge in [-0.15, -0.1) is 0 Å². The summed E-state index contributed by atoms with van der Waals surface area (Å²) in [6.07, 6.45) is 0. The molecule has 7 nitrogen and oxygen atoms in total. The highest BCUT2D eigenvalue weighted by Crippen LogP contribution is 2.48. The lowest BCUT2D eigenvalue weighted by molar-refractivity contribution is -0.167. The van der Waals surface area contributed by atoms with Crippen LogP contribution in [0.25, 0.3) is 0 Å². The van der Waals surface area contributed by atoms with Crippen LogP contribution in [0.5, 0.6) is 23.0 Å². The smallest absolute Gasteiger partial charge is 0.282 e. The van der Waals surface area contributed by atoms with E-state index < -0.39 is 12.0 Å². The number of aliphatic hydroxyl groups is 1. The van der Waals surface area contributed by atoms with Crippen LogP contribution >= 0.6 is 0 Å². The van der Waals surface area contributed by atoms with E-state index in [9.17, 15) is 10.2 Å². The Bertz CT molecular complexity index is 775. The van der Waals surface area contributed by atoms with Crippen LogP contribution < -0.4 is 25.3 Å². The van der Waals surface area contributed by atoms with Crippen LogP contribution in [-0.2, 0) is 0 Å². The van der Waals surface area contributed by atoms with E-state index >= 15 is 0 Å². The summed E-state index contributed by atoms with van der Waals surface area (Å²) < 4.78 is 16.4. The third kappa shape index (κ3) is 2.25. The van der Waals surface area contributed by atoms with E-state index in [1.54, 1.807) is 37.4 Å². The van der Waals surface area contributed by atoms with Crippen molar-refractivity contribution in [2.75, 3.05) is 13.8 Å². The Kier molecular flexibility index (Phi) is 3.31. The zero-order chi connectivity index (χ0) is 16.9. The summed E-state index contributed by atoms with van der Waals surface area (Å²) in [5.74, 6) is -0.424. The number of likely N-dealkylation sites (N-methyl/N-ethyl adjacent to an activating group) is 1. The number of phenols is 1. The molecule has 0 bridgehead atoms. The number of hydrogen-bond donors (Lipinski definition) is 4. The lowest BCUT2D eigenvalue weighted by Gasteiger charge is -2.43. The fourth-order valence-corrected chi connectivity index (χ4v) is 3.36. The molecule has 2 aliphatic heterocycles. The molecule has 0 spiro atoms. The molecule has 0 aliphatic carbocycles. The van der Waals surface area contributed by atoms with E-state index in [2.05, 4.69) is 5.32 Å². The van der Waals surface area contributed by atoms with Crippen molar-refractivity contribution >= 4 is 0 Å². The number of rotatable bonds is 2. The van der Waals surface area contributed by atoms with Gasteiger partial charge in [-0.1, -0.05) is 12.1 Å². The van der Waals surface area contributed by atoms with Gasteiger partial charge in [-0.2, -0.15) is 0 Å². The number of nitrogens with one attached hydrogen (secondary N) is 1. The van der Waals surface area contributed by atoms with Crippen LogP contribution in [0.2, 0.25) is 0 Å². The van der Waals surface area contributed by atoms with Gasteiger partial charge in [0.1, 0.15) is 11.5 Å². The van der Waals surface area contributed by atoms with Crippen molar-refractivity contribution in [2.24, 2.45) is 5.73 Å². The normalized spacial score (nSPS) is 27.5. The van der Waals surface area contributed by atoms with Gasteiger partial charge in [-0.3, -0.25) is 5.73 Å². The number of phenolic OH excluding ortho intramolecular Hbond substituents is 1. The molecule has 2 aliphatic rings. The molecule has 0 aromatic heterocycles. The molecular weight excluding hydrogens is 312 g/mol. The maximum atomic E-state index is 10.6. The number of hydrogen-bond acceptors (Lipinski definition) is 7. The summed E-state index contributed by atoms with van der Waals surface area (Å²) in [5.41, 5.74) is 7.69. The first-order valence-electron chi connectivity index (χ1n) is 7.59. The summed E-state index contributed by atoms with van der Waals surface area (Å²) in [6, 6.07) is 9.69. The Morgan fingerprint density at radius 3 is 2.46 bits per heavy atom. The predicted octanol–water partition coefficient (Wildman–Crippen LogP) is 0.838. The van der Waals surface area contributed by atoms with E-state index in [1.165, 1.54) is 0 Å². The third-order valence-electron chi connectivity index (χ3n) is 4.46. The van der Waals surface area contributed by atoms with Gasteiger partial charge in [0, 0.05) is 17.5 Å². The van der Waals surface area contributed by atoms with Gasteiger partial charge in [0.15, 0.2) is 11.5 Å². The lowest BCUT2D eigenvalue weighted by Crippen LogP contribution is -2.64. The van der Waals surface area contributed by atoms with E-state index in [4.69, 9.17) is 19.9 Å². The average molecular weight is 330 g/mol. The number of ether oxygens (including phenoxy) is 3. The van der Waals surface area contributed by atoms with Crippen LogP contribution in [0.15, 0.2) is 36.4 Å². The number of benzene rings is 2. The Morgan fingerprint density at radius 1 is 1.12 bits per heavy atom. The number of aromatic hydroxyl groups is 1. The van der Waals surface area contributed by atoms with E-state index in [1.807, 2.05) is 6.07 Å². The van der Waals surface area contributed by atoms with E-state index in [0.717, 1.165) is 11.1 Å². The molecule has 4 rings (SSSR count). The van der Waals surface area contributed by atoms with Crippen LogP contribution in [0.1, 0.15) is 17.0 Å². The molecular formula is C17H18N2O5. The van der Waals surface area contributed by atoms with Gasteiger partial charge >= 0.3 is 0 Å². The quantitative estimate of drug-likeness (QED) is 0.605. The van der Waals surface area contributed by atoms with Crippen molar-refractivity contribution < 1.29 is 24.4 Å². The van der Waals surface area contributed by atoms with Crippen LogP contribution in [0.3, 0.4) is 0 Å². The molecule has 0 saturated heterocycles. The summed E-state index contributed by atoms with van der Waals surface area (Å²) in [7, 11) is 1.71. The molecule has 0 radical (unpaired) electrons. The first-order valence-corrected chi connectivity index (χ1v) is 7.59. The van der Waals surface area contributed by atoms with Crippen molar-refractivity contribution in [2.45, 2.75) is 17.9 Å². The Hall–Kier alpha value is -2.48. The zero-order valence-corrected chi connectivity index (χ0v) is 13.0. The van der Waals surface area contributed by atoms with Crippen LogP contribution in [0.4, 0.5) is 0 Å². The summed E-state index contributed by atoms with van der Waals surface area (Å²) in [6.45, 7) is 0.143. The predicted molar refractivity (Wildman–Crippen MR) is 85.1 cm³/mol. The summed E-state index contributed by atoms with van der Waals surface area (Å²) in [5, 5.41) is 23.2. The van der Waals surface area contributed by atoms with Gasteiger partial charge in [0.2, 0.25) is 6.79 Å². The molecule has 0 fully saturated rings. The maximum Gasteiger partial charge on any atom is 0.282 e. The fraction of sp³-hybridized carbons (Fsp3) is 0.294. The average Bonchev–Trinajstić information content (AvgIpc) is 2.99. The van der Waals surface area contributed by atoms with Crippen molar-refractivity contribution in [3.05, 3.63) is 47.5 Å². The van der Waals surface area contributed by atoms with Crippen LogP contribution in [0, 0.1) is 0 Å². The molecule has 0 saturated carbocycles. The second kappa shape index (κ2) is 5.27. The van der Waals surface area contributed by atoms with Crippen molar-refractivity contribution in [3.63, 3.8) is 0 Å². The zero-order valence-electron chi connectivity index (χ0n) is 13.0. The first-order chi connectivity index (χ1) is 11.5. The van der Waals surface area contributed by atoms with Crippen LogP contribution in [-0.4, -0.2) is 36.0 Å². The highest BCUT2D eigenvalue weighted by atomic mass is 16.7. The number of nitrogens with two attached hydrogens (primary N) is 1. The molecule has 2 aromatic carbocycles. The van der Waals surface area contributed by atoms with Gasteiger partial charge in [0.25, 0.3) is 5.91 Å². The van der Waals surface area contributed by atoms with Gasteiger partial charge in [0.05, 0.1) is 6.04 Å². The highest BCUT2D eigenvalue weighted by Gasteiger charge is 2.47. The molecule has 3 atom stereocenters.